The Hall–Kier alpha value is -1.67. The van der Waals surface area contributed by atoms with E-state index in [1.54, 1.807) is 11.3 Å². The third-order valence-electron chi connectivity index (χ3n) is 4.42. The first-order chi connectivity index (χ1) is 12.7. The minimum atomic E-state index is 0.0780. The molecule has 1 aromatic rings. The lowest BCUT2D eigenvalue weighted by molar-refractivity contribution is -0.123. The van der Waals surface area contributed by atoms with E-state index in [1.807, 2.05) is 20.9 Å². The molecule has 2 rings (SSSR count). The molecule has 1 aliphatic heterocycles. The minimum Gasteiger partial charge on any atom is -0.353 e. The van der Waals surface area contributed by atoms with Crippen LogP contribution in [0, 0.1) is 0 Å². The highest BCUT2D eigenvalue weighted by atomic mass is 32.1. The second kappa shape index (κ2) is 9.50. The van der Waals surface area contributed by atoms with Crippen LogP contribution < -0.4 is 10.6 Å². The van der Waals surface area contributed by atoms with Gasteiger partial charge in [0.05, 0.1) is 18.8 Å². The maximum absolute atomic E-state index is 11.9. The highest BCUT2D eigenvalue weighted by Gasteiger charge is 2.22. The lowest BCUT2D eigenvalue weighted by Gasteiger charge is -2.36. The van der Waals surface area contributed by atoms with Crippen molar-refractivity contribution in [2.75, 3.05) is 39.8 Å². The van der Waals surface area contributed by atoms with Crippen LogP contribution in [0.25, 0.3) is 0 Å². The van der Waals surface area contributed by atoms with E-state index >= 15 is 0 Å². The van der Waals surface area contributed by atoms with Gasteiger partial charge >= 0.3 is 0 Å². The van der Waals surface area contributed by atoms with Crippen molar-refractivity contribution in [2.45, 2.75) is 52.6 Å². The molecule has 2 N–H and O–H groups in total. The van der Waals surface area contributed by atoms with Gasteiger partial charge in [0.1, 0.15) is 5.01 Å². The Morgan fingerprint density at radius 2 is 1.96 bits per heavy atom. The number of thiazole rings is 1. The Bertz CT molecular complexity index is 641. The standard InChI is InChI=1S/C19H34N6OS/c1-14(2)22-16(26)12-24-7-9-25(10-8-24)18(20-6)21-11-17-23-15(13-27-17)19(3,4)5/h13-14H,7-12H2,1-6H3,(H,20,21)(H,22,26). The lowest BCUT2D eigenvalue weighted by Crippen LogP contribution is -2.54. The molecule has 1 amide bonds. The molecule has 0 spiro atoms. The summed E-state index contributed by atoms with van der Waals surface area (Å²) in [5.74, 6) is 0.994. The van der Waals surface area contributed by atoms with Crippen molar-refractivity contribution in [3.05, 3.63) is 16.1 Å². The van der Waals surface area contributed by atoms with Gasteiger partial charge in [-0.05, 0) is 13.8 Å². The van der Waals surface area contributed by atoms with Crippen molar-refractivity contribution >= 4 is 23.2 Å². The van der Waals surface area contributed by atoms with Crippen LogP contribution in [-0.2, 0) is 16.8 Å². The molecule has 0 bridgehead atoms. The van der Waals surface area contributed by atoms with Gasteiger partial charge in [0.2, 0.25) is 5.91 Å². The topological polar surface area (TPSA) is 72.9 Å². The van der Waals surface area contributed by atoms with Crippen LogP contribution in [0.15, 0.2) is 10.4 Å². The van der Waals surface area contributed by atoms with E-state index in [-0.39, 0.29) is 17.4 Å². The molecule has 1 aromatic heterocycles. The predicted molar refractivity (Wildman–Crippen MR) is 112 cm³/mol. The van der Waals surface area contributed by atoms with Crippen LogP contribution in [-0.4, -0.2) is 72.5 Å². The van der Waals surface area contributed by atoms with Crippen LogP contribution in [0.2, 0.25) is 0 Å². The molecule has 0 aliphatic carbocycles. The Morgan fingerprint density at radius 1 is 1.30 bits per heavy atom. The number of hydrogen-bond acceptors (Lipinski definition) is 5. The van der Waals surface area contributed by atoms with Crippen LogP contribution in [0.4, 0.5) is 0 Å². The maximum atomic E-state index is 11.9. The fourth-order valence-corrected chi connectivity index (χ4v) is 3.87. The molecule has 8 heteroatoms. The molecule has 0 aromatic carbocycles. The maximum Gasteiger partial charge on any atom is 0.234 e. The van der Waals surface area contributed by atoms with E-state index in [2.05, 4.69) is 51.6 Å². The third kappa shape index (κ3) is 6.77. The van der Waals surface area contributed by atoms with Crippen LogP contribution in [0.1, 0.15) is 45.3 Å². The molecule has 1 aliphatic rings. The van der Waals surface area contributed by atoms with E-state index < -0.39 is 0 Å². The van der Waals surface area contributed by atoms with E-state index in [0.717, 1.165) is 42.8 Å². The van der Waals surface area contributed by atoms with Crippen molar-refractivity contribution in [3.8, 4) is 0 Å². The average molecular weight is 395 g/mol. The van der Waals surface area contributed by atoms with Crippen molar-refractivity contribution in [2.24, 2.45) is 4.99 Å². The van der Waals surface area contributed by atoms with Crippen molar-refractivity contribution in [1.82, 2.24) is 25.4 Å². The SMILES string of the molecule is CN=C(NCc1nc(C(C)(C)C)cs1)N1CCN(CC(=O)NC(C)C)CC1. The van der Waals surface area contributed by atoms with Gasteiger partial charge in [-0.2, -0.15) is 0 Å². The van der Waals surface area contributed by atoms with E-state index in [4.69, 9.17) is 4.98 Å². The number of nitrogens with zero attached hydrogens (tertiary/aromatic N) is 4. The Kier molecular flexibility index (Phi) is 7.61. The molecule has 7 nitrogen and oxygen atoms in total. The number of piperazine rings is 1. The van der Waals surface area contributed by atoms with Gasteiger partial charge < -0.3 is 15.5 Å². The minimum absolute atomic E-state index is 0.0780. The molecular weight excluding hydrogens is 360 g/mol. The highest BCUT2D eigenvalue weighted by Crippen LogP contribution is 2.23. The predicted octanol–water partition coefficient (Wildman–Crippen LogP) is 1.66. The van der Waals surface area contributed by atoms with Crippen molar-refractivity contribution in [3.63, 3.8) is 0 Å². The van der Waals surface area contributed by atoms with Gasteiger partial charge in [-0.25, -0.2) is 4.98 Å². The second-order valence-corrected chi connectivity index (χ2v) is 9.21. The quantitative estimate of drug-likeness (QED) is 0.587. The third-order valence-corrected chi connectivity index (χ3v) is 5.27. The molecule has 1 fully saturated rings. The molecule has 27 heavy (non-hydrogen) atoms. The zero-order chi connectivity index (χ0) is 20.0. The normalized spacial score (nSPS) is 16.7. The van der Waals surface area contributed by atoms with Crippen LogP contribution in [0.5, 0.6) is 0 Å². The van der Waals surface area contributed by atoms with Gasteiger partial charge in [0, 0.05) is 50.1 Å². The summed E-state index contributed by atoms with van der Waals surface area (Å²) in [6, 6.07) is 0.187. The summed E-state index contributed by atoms with van der Waals surface area (Å²) in [6.07, 6.45) is 0. The summed E-state index contributed by atoms with van der Waals surface area (Å²) < 4.78 is 0. The first kappa shape index (κ1) is 21.6. The molecule has 1 saturated heterocycles. The summed E-state index contributed by atoms with van der Waals surface area (Å²) in [6.45, 7) is 15.1. The number of rotatable bonds is 5. The summed E-state index contributed by atoms with van der Waals surface area (Å²) in [4.78, 5) is 25.5. The van der Waals surface area contributed by atoms with Crippen molar-refractivity contribution in [1.29, 1.82) is 0 Å². The van der Waals surface area contributed by atoms with Crippen LogP contribution >= 0.6 is 11.3 Å². The van der Waals surface area contributed by atoms with Gasteiger partial charge in [-0.1, -0.05) is 20.8 Å². The van der Waals surface area contributed by atoms with E-state index in [1.165, 1.54) is 0 Å². The fraction of sp³-hybridized carbons (Fsp3) is 0.737. The van der Waals surface area contributed by atoms with E-state index in [9.17, 15) is 4.79 Å². The lowest BCUT2D eigenvalue weighted by atomic mass is 9.93. The van der Waals surface area contributed by atoms with Gasteiger partial charge in [-0.3, -0.25) is 14.7 Å². The smallest absolute Gasteiger partial charge is 0.234 e. The van der Waals surface area contributed by atoms with Gasteiger partial charge in [0.25, 0.3) is 0 Å². The van der Waals surface area contributed by atoms with Gasteiger partial charge in [-0.15, -0.1) is 11.3 Å². The monoisotopic (exact) mass is 394 g/mol. The average Bonchev–Trinajstić information content (AvgIpc) is 3.05. The van der Waals surface area contributed by atoms with E-state index in [0.29, 0.717) is 13.1 Å². The Morgan fingerprint density at radius 3 is 2.48 bits per heavy atom. The summed E-state index contributed by atoms with van der Waals surface area (Å²) in [5, 5.41) is 9.59. The molecule has 0 saturated carbocycles. The number of amides is 1. The molecule has 2 heterocycles. The molecule has 0 atom stereocenters. The second-order valence-electron chi connectivity index (χ2n) is 8.26. The molecule has 152 valence electrons. The molecular formula is C19H34N6OS. The number of carbonyl (C=O) groups excluding carboxylic acids is 1. The first-order valence-electron chi connectivity index (χ1n) is 9.61. The Labute approximate surface area is 167 Å². The number of aromatic nitrogens is 1. The highest BCUT2D eigenvalue weighted by molar-refractivity contribution is 7.09. The van der Waals surface area contributed by atoms with Crippen LogP contribution in [0.3, 0.4) is 0 Å². The zero-order valence-electron chi connectivity index (χ0n) is 17.5. The molecule has 0 radical (unpaired) electrons. The first-order valence-corrected chi connectivity index (χ1v) is 10.5. The summed E-state index contributed by atoms with van der Waals surface area (Å²) in [7, 11) is 1.81. The number of guanidine groups is 1. The number of hydrogen-bond donors (Lipinski definition) is 2. The zero-order valence-corrected chi connectivity index (χ0v) is 18.3. The fourth-order valence-electron chi connectivity index (χ4n) is 2.91. The number of aliphatic imine (C=N–C) groups is 1. The number of nitrogens with one attached hydrogen (secondary N) is 2. The van der Waals surface area contributed by atoms with Crippen molar-refractivity contribution < 1.29 is 4.79 Å². The summed E-state index contributed by atoms with van der Waals surface area (Å²) in [5.41, 5.74) is 1.21. The number of carbonyl (C=O) groups is 1. The van der Waals surface area contributed by atoms with Gasteiger partial charge in [0.15, 0.2) is 5.96 Å². The Balaban J connectivity index is 1.80. The molecule has 0 unspecified atom stereocenters. The largest absolute Gasteiger partial charge is 0.353 e. The summed E-state index contributed by atoms with van der Waals surface area (Å²) >= 11 is 1.69.